The number of amides is 1. The number of hydrogen-bond donors (Lipinski definition) is 1. The first-order valence-corrected chi connectivity index (χ1v) is 8.73. The fraction of sp³-hybridized carbons (Fsp3) is 0.100. The SMILES string of the molecule is O=C(NCc1ccccc1-n1cncn1)c1coc(COc2ccccc2F)n1. The first kappa shape index (κ1) is 18.4. The summed E-state index contributed by atoms with van der Waals surface area (Å²) >= 11 is 0. The molecule has 0 atom stereocenters. The molecule has 4 aromatic rings. The van der Waals surface area contributed by atoms with Gasteiger partial charge in [0.1, 0.15) is 18.9 Å². The summed E-state index contributed by atoms with van der Waals surface area (Å²) in [5, 5.41) is 6.90. The number of nitrogens with zero attached hydrogens (tertiary/aromatic N) is 4. The second kappa shape index (κ2) is 8.34. The fourth-order valence-corrected chi connectivity index (χ4v) is 2.67. The van der Waals surface area contributed by atoms with Crippen molar-refractivity contribution in [2.24, 2.45) is 0 Å². The minimum atomic E-state index is -0.483. The average Bonchev–Trinajstić information content (AvgIpc) is 3.44. The molecule has 1 N–H and O–H groups in total. The number of benzene rings is 2. The molecule has 1 amide bonds. The number of carbonyl (C=O) groups excluding carboxylic acids is 1. The van der Waals surface area contributed by atoms with Gasteiger partial charge in [-0.1, -0.05) is 30.3 Å². The summed E-state index contributed by atoms with van der Waals surface area (Å²) in [7, 11) is 0. The van der Waals surface area contributed by atoms with Crippen molar-refractivity contribution < 1.29 is 18.3 Å². The predicted octanol–water partition coefficient (Wildman–Crippen LogP) is 2.90. The summed E-state index contributed by atoms with van der Waals surface area (Å²) in [5.74, 6) is -0.634. The largest absolute Gasteiger partial charge is 0.481 e. The van der Waals surface area contributed by atoms with Gasteiger partial charge in [0.15, 0.2) is 23.9 Å². The molecule has 0 aliphatic heterocycles. The lowest BCUT2D eigenvalue weighted by molar-refractivity contribution is 0.0946. The molecule has 0 saturated carbocycles. The molecule has 9 heteroatoms. The van der Waals surface area contributed by atoms with E-state index in [9.17, 15) is 9.18 Å². The Kier molecular flexibility index (Phi) is 5.28. The normalized spacial score (nSPS) is 10.7. The van der Waals surface area contributed by atoms with Gasteiger partial charge in [-0.05, 0) is 23.8 Å². The Balaban J connectivity index is 1.37. The van der Waals surface area contributed by atoms with Crippen molar-refractivity contribution in [2.75, 3.05) is 0 Å². The Labute approximate surface area is 165 Å². The predicted molar refractivity (Wildman–Crippen MR) is 99.8 cm³/mol. The maximum absolute atomic E-state index is 13.6. The van der Waals surface area contributed by atoms with Crippen LogP contribution in [-0.2, 0) is 13.2 Å². The van der Waals surface area contributed by atoms with E-state index in [4.69, 9.17) is 9.15 Å². The molecule has 0 saturated heterocycles. The lowest BCUT2D eigenvalue weighted by Gasteiger charge is -2.09. The molecule has 146 valence electrons. The van der Waals surface area contributed by atoms with Gasteiger partial charge in [-0.2, -0.15) is 5.10 Å². The smallest absolute Gasteiger partial charge is 0.273 e. The van der Waals surface area contributed by atoms with E-state index in [0.717, 1.165) is 11.3 Å². The summed E-state index contributed by atoms with van der Waals surface area (Å²) in [4.78, 5) is 20.4. The van der Waals surface area contributed by atoms with Crippen LogP contribution >= 0.6 is 0 Å². The molecule has 0 aliphatic rings. The van der Waals surface area contributed by atoms with Crippen LogP contribution in [-0.4, -0.2) is 25.7 Å². The van der Waals surface area contributed by atoms with E-state index in [-0.39, 0.29) is 30.5 Å². The summed E-state index contributed by atoms with van der Waals surface area (Å²) in [6, 6.07) is 13.5. The highest BCUT2D eigenvalue weighted by Gasteiger charge is 2.14. The lowest BCUT2D eigenvalue weighted by atomic mass is 10.2. The summed E-state index contributed by atoms with van der Waals surface area (Å²) in [6.45, 7) is 0.173. The Bertz CT molecular complexity index is 1110. The third kappa shape index (κ3) is 4.29. The Morgan fingerprint density at radius 2 is 2.00 bits per heavy atom. The molecule has 29 heavy (non-hydrogen) atoms. The Morgan fingerprint density at radius 3 is 2.83 bits per heavy atom. The molecule has 4 rings (SSSR count). The average molecular weight is 393 g/mol. The third-order valence-corrected chi connectivity index (χ3v) is 4.07. The quantitative estimate of drug-likeness (QED) is 0.519. The van der Waals surface area contributed by atoms with Crippen LogP contribution in [0.15, 0.2) is 71.9 Å². The zero-order valence-corrected chi connectivity index (χ0v) is 15.2. The van der Waals surface area contributed by atoms with Gasteiger partial charge in [0.05, 0.1) is 5.69 Å². The van der Waals surface area contributed by atoms with E-state index >= 15 is 0 Å². The standard InChI is InChI=1S/C20H16FN5O3/c21-15-6-2-4-8-18(15)28-11-19-25-16(10-29-19)20(27)23-9-14-5-1-3-7-17(14)26-13-22-12-24-26/h1-8,10,12-13H,9,11H2,(H,23,27). The van der Waals surface area contributed by atoms with Crippen LogP contribution in [0.4, 0.5) is 4.39 Å². The number of halogens is 1. The van der Waals surface area contributed by atoms with Crippen molar-refractivity contribution >= 4 is 5.91 Å². The maximum Gasteiger partial charge on any atom is 0.273 e. The molecule has 2 heterocycles. The summed E-state index contributed by atoms with van der Waals surface area (Å²) < 4.78 is 25.8. The monoisotopic (exact) mass is 393 g/mol. The Hall–Kier alpha value is -4.01. The molecule has 0 spiro atoms. The zero-order valence-electron chi connectivity index (χ0n) is 15.2. The van der Waals surface area contributed by atoms with Crippen LogP contribution in [0.5, 0.6) is 5.75 Å². The number of ether oxygens (including phenoxy) is 1. The van der Waals surface area contributed by atoms with Crippen LogP contribution in [0, 0.1) is 5.82 Å². The number of aromatic nitrogens is 4. The van der Waals surface area contributed by atoms with Gasteiger partial charge >= 0.3 is 0 Å². The van der Waals surface area contributed by atoms with Crippen LogP contribution in [0.3, 0.4) is 0 Å². The zero-order chi connectivity index (χ0) is 20.1. The number of hydrogen-bond acceptors (Lipinski definition) is 6. The first-order valence-electron chi connectivity index (χ1n) is 8.73. The van der Waals surface area contributed by atoms with E-state index in [1.165, 1.54) is 24.7 Å². The summed E-state index contributed by atoms with van der Waals surface area (Å²) in [6.07, 6.45) is 4.26. The molecule has 0 bridgehead atoms. The van der Waals surface area contributed by atoms with Gasteiger partial charge in [0, 0.05) is 6.54 Å². The Morgan fingerprint density at radius 1 is 1.17 bits per heavy atom. The van der Waals surface area contributed by atoms with E-state index in [2.05, 4.69) is 20.4 Å². The number of para-hydroxylation sites is 2. The molecule has 0 fully saturated rings. The van der Waals surface area contributed by atoms with Crippen LogP contribution in [0.25, 0.3) is 5.69 Å². The van der Waals surface area contributed by atoms with Crippen molar-refractivity contribution in [2.45, 2.75) is 13.2 Å². The van der Waals surface area contributed by atoms with Crippen molar-refractivity contribution in [3.05, 3.63) is 90.4 Å². The second-order valence-electron chi connectivity index (χ2n) is 6.00. The molecular formula is C20H16FN5O3. The number of rotatable bonds is 7. The van der Waals surface area contributed by atoms with Gasteiger partial charge in [-0.25, -0.2) is 19.0 Å². The van der Waals surface area contributed by atoms with Crippen LogP contribution in [0.1, 0.15) is 21.9 Å². The maximum atomic E-state index is 13.6. The minimum absolute atomic E-state index is 0.0846. The number of nitrogens with one attached hydrogen (secondary N) is 1. The molecule has 0 unspecified atom stereocenters. The highest BCUT2D eigenvalue weighted by molar-refractivity contribution is 5.91. The molecule has 2 aromatic carbocycles. The van der Waals surface area contributed by atoms with Crippen LogP contribution in [0.2, 0.25) is 0 Å². The van der Waals surface area contributed by atoms with Crippen molar-refractivity contribution in [3.8, 4) is 11.4 Å². The molecular weight excluding hydrogens is 377 g/mol. The van der Waals surface area contributed by atoms with E-state index in [0.29, 0.717) is 0 Å². The minimum Gasteiger partial charge on any atom is -0.481 e. The highest BCUT2D eigenvalue weighted by atomic mass is 19.1. The molecule has 2 aromatic heterocycles. The van der Waals surface area contributed by atoms with E-state index < -0.39 is 11.7 Å². The van der Waals surface area contributed by atoms with Crippen molar-refractivity contribution in [1.29, 1.82) is 0 Å². The highest BCUT2D eigenvalue weighted by Crippen LogP contribution is 2.17. The third-order valence-electron chi connectivity index (χ3n) is 4.07. The van der Waals surface area contributed by atoms with Crippen molar-refractivity contribution in [1.82, 2.24) is 25.1 Å². The first-order chi connectivity index (χ1) is 14.2. The van der Waals surface area contributed by atoms with Crippen LogP contribution < -0.4 is 10.1 Å². The van der Waals surface area contributed by atoms with E-state index in [1.807, 2.05) is 24.3 Å². The van der Waals surface area contributed by atoms with Gasteiger partial charge < -0.3 is 14.5 Å². The molecule has 0 radical (unpaired) electrons. The number of carbonyl (C=O) groups is 1. The second-order valence-corrected chi connectivity index (χ2v) is 6.00. The van der Waals surface area contributed by atoms with Gasteiger partial charge in [-0.15, -0.1) is 0 Å². The van der Waals surface area contributed by atoms with Crippen molar-refractivity contribution in [3.63, 3.8) is 0 Å². The lowest BCUT2D eigenvalue weighted by Crippen LogP contribution is -2.24. The van der Waals surface area contributed by atoms with E-state index in [1.54, 1.807) is 23.1 Å². The molecule has 0 aliphatic carbocycles. The fourth-order valence-electron chi connectivity index (χ4n) is 2.67. The molecule has 8 nitrogen and oxygen atoms in total. The van der Waals surface area contributed by atoms with Gasteiger partial charge in [0.2, 0.25) is 5.89 Å². The van der Waals surface area contributed by atoms with Gasteiger partial charge in [-0.3, -0.25) is 4.79 Å². The summed E-state index contributed by atoms with van der Waals surface area (Å²) in [5.41, 5.74) is 1.78. The van der Waals surface area contributed by atoms with Gasteiger partial charge in [0.25, 0.3) is 5.91 Å². The topological polar surface area (TPSA) is 95.1 Å². The number of oxazole rings is 1.